The molecule has 1 aliphatic heterocycles. The molecule has 3 aromatic rings. The Bertz CT molecular complexity index is 1120. The lowest BCUT2D eigenvalue weighted by Gasteiger charge is -2.40. The van der Waals surface area contributed by atoms with Gasteiger partial charge in [0.1, 0.15) is 5.75 Å². The minimum atomic E-state index is -0.363. The second kappa shape index (κ2) is 10.4. The summed E-state index contributed by atoms with van der Waals surface area (Å²) >= 11 is 0. The summed E-state index contributed by atoms with van der Waals surface area (Å²) in [6.45, 7) is 3.28. The second-order valence-corrected chi connectivity index (χ2v) is 9.25. The summed E-state index contributed by atoms with van der Waals surface area (Å²) in [5, 5.41) is 24.1. The molecule has 2 fully saturated rings. The summed E-state index contributed by atoms with van der Waals surface area (Å²) in [4.78, 5) is 15.3. The first-order chi connectivity index (χ1) is 17.1. The molecule has 184 valence electrons. The van der Waals surface area contributed by atoms with Crippen LogP contribution in [0.5, 0.6) is 5.75 Å². The van der Waals surface area contributed by atoms with Crippen molar-refractivity contribution in [1.82, 2.24) is 25.1 Å². The standard InChI is InChI=1S/C25H31N7O3/c1-35-23-13-7-19(8-14-23)24(25-26-27-28-31(25)21-5-3-2-4-6-21)30-17-15-29(16-18-30)20-9-11-22(12-10-20)32(33)34/h7-14,21,24H,2-6,15-18H2,1H3/t24-/m0/s1. The van der Waals surface area contributed by atoms with Crippen molar-refractivity contribution in [2.75, 3.05) is 38.2 Å². The highest BCUT2D eigenvalue weighted by atomic mass is 16.6. The fraction of sp³-hybridized carbons (Fsp3) is 0.480. The molecule has 0 unspecified atom stereocenters. The number of hydrogen-bond acceptors (Lipinski definition) is 8. The van der Waals surface area contributed by atoms with Gasteiger partial charge in [-0.2, -0.15) is 0 Å². The molecule has 10 heteroatoms. The van der Waals surface area contributed by atoms with E-state index in [2.05, 4.69) is 42.1 Å². The Hall–Kier alpha value is -3.53. The summed E-state index contributed by atoms with van der Waals surface area (Å²) in [7, 11) is 1.67. The number of nitrogens with zero attached hydrogens (tertiary/aromatic N) is 7. The molecule has 1 aliphatic carbocycles. The monoisotopic (exact) mass is 477 g/mol. The van der Waals surface area contributed by atoms with E-state index in [0.717, 1.165) is 61.8 Å². The van der Waals surface area contributed by atoms with Crippen molar-refractivity contribution in [1.29, 1.82) is 0 Å². The van der Waals surface area contributed by atoms with Crippen molar-refractivity contribution in [3.63, 3.8) is 0 Å². The molecule has 5 rings (SSSR count). The smallest absolute Gasteiger partial charge is 0.269 e. The molecule has 2 aromatic carbocycles. The molecule has 35 heavy (non-hydrogen) atoms. The third-order valence-corrected chi connectivity index (χ3v) is 7.22. The average molecular weight is 478 g/mol. The second-order valence-electron chi connectivity index (χ2n) is 9.25. The third-order valence-electron chi connectivity index (χ3n) is 7.22. The zero-order chi connectivity index (χ0) is 24.2. The van der Waals surface area contributed by atoms with Gasteiger partial charge in [0.05, 0.1) is 24.1 Å². The van der Waals surface area contributed by atoms with Gasteiger partial charge in [-0.25, -0.2) is 4.68 Å². The highest BCUT2D eigenvalue weighted by Crippen LogP contribution is 2.34. The molecule has 0 bridgehead atoms. The number of benzene rings is 2. The number of tetrazole rings is 1. The van der Waals surface area contributed by atoms with Crippen molar-refractivity contribution in [3.8, 4) is 5.75 Å². The van der Waals surface area contributed by atoms with E-state index in [1.54, 1.807) is 19.2 Å². The molecule has 2 heterocycles. The predicted octanol–water partition coefficient (Wildman–Crippen LogP) is 4.01. The van der Waals surface area contributed by atoms with Crippen LogP contribution in [0.25, 0.3) is 0 Å². The molecule has 1 aromatic heterocycles. The largest absolute Gasteiger partial charge is 0.497 e. The molecule has 0 spiro atoms. The van der Waals surface area contributed by atoms with Gasteiger partial charge < -0.3 is 9.64 Å². The molecule has 10 nitrogen and oxygen atoms in total. The Morgan fingerprint density at radius 2 is 1.66 bits per heavy atom. The zero-order valence-corrected chi connectivity index (χ0v) is 20.0. The summed E-state index contributed by atoms with van der Waals surface area (Å²) in [6, 6.07) is 15.3. The molecule has 0 N–H and O–H groups in total. The van der Waals surface area contributed by atoms with E-state index >= 15 is 0 Å². The summed E-state index contributed by atoms with van der Waals surface area (Å²) in [6.07, 6.45) is 5.93. The van der Waals surface area contributed by atoms with E-state index in [-0.39, 0.29) is 16.7 Å². The van der Waals surface area contributed by atoms with E-state index < -0.39 is 0 Å². The van der Waals surface area contributed by atoms with Crippen LogP contribution in [0.15, 0.2) is 48.5 Å². The van der Waals surface area contributed by atoms with Crippen LogP contribution in [0.2, 0.25) is 0 Å². The fourth-order valence-electron chi connectivity index (χ4n) is 5.30. The summed E-state index contributed by atoms with van der Waals surface area (Å²) < 4.78 is 7.45. The first-order valence-electron chi connectivity index (χ1n) is 12.3. The minimum Gasteiger partial charge on any atom is -0.497 e. The molecule has 0 amide bonds. The first-order valence-corrected chi connectivity index (χ1v) is 12.3. The van der Waals surface area contributed by atoms with Crippen LogP contribution in [-0.4, -0.2) is 63.3 Å². The number of methoxy groups -OCH3 is 1. The van der Waals surface area contributed by atoms with E-state index in [0.29, 0.717) is 6.04 Å². The van der Waals surface area contributed by atoms with E-state index in [1.807, 2.05) is 24.3 Å². The lowest BCUT2D eigenvalue weighted by atomic mass is 9.95. The Morgan fingerprint density at radius 1 is 0.971 bits per heavy atom. The van der Waals surface area contributed by atoms with Crippen LogP contribution in [0.3, 0.4) is 0 Å². The SMILES string of the molecule is COc1ccc([C@@H](c2nnnn2C2CCCCC2)N2CCN(c3ccc([N+](=O)[O-])cc3)CC2)cc1. The Labute approximate surface area is 204 Å². The van der Waals surface area contributed by atoms with Gasteiger partial charge in [0.25, 0.3) is 5.69 Å². The normalized spacial score (nSPS) is 18.4. The number of aromatic nitrogens is 4. The maximum absolute atomic E-state index is 11.0. The van der Waals surface area contributed by atoms with Crippen molar-refractivity contribution >= 4 is 11.4 Å². The van der Waals surface area contributed by atoms with Gasteiger partial charge in [-0.3, -0.25) is 15.0 Å². The number of nitro groups is 1. The lowest BCUT2D eigenvalue weighted by molar-refractivity contribution is -0.384. The topological polar surface area (TPSA) is 102 Å². The molecule has 1 saturated carbocycles. The highest BCUT2D eigenvalue weighted by molar-refractivity contribution is 5.51. The number of piperazine rings is 1. The van der Waals surface area contributed by atoms with Crippen molar-refractivity contribution in [2.24, 2.45) is 0 Å². The summed E-state index contributed by atoms with van der Waals surface area (Å²) in [5.74, 6) is 1.72. The predicted molar refractivity (Wildman–Crippen MR) is 132 cm³/mol. The molecular formula is C25H31N7O3. The Kier molecular flexibility index (Phi) is 6.89. The van der Waals surface area contributed by atoms with Gasteiger partial charge in [-0.15, -0.1) is 5.10 Å². The molecule has 1 saturated heterocycles. The number of hydrogen-bond donors (Lipinski definition) is 0. The van der Waals surface area contributed by atoms with Gasteiger partial charge in [0.2, 0.25) is 0 Å². The Morgan fingerprint density at radius 3 is 2.29 bits per heavy atom. The van der Waals surface area contributed by atoms with E-state index in [9.17, 15) is 10.1 Å². The third kappa shape index (κ3) is 4.97. The molecule has 2 aliphatic rings. The first kappa shape index (κ1) is 23.2. The number of ether oxygens (including phenoxy) is 1. The fourth-order valence-corrected chi connectivity index (χ4v) is 5.30. The molecular weight excluding hydrogens is 446 g/mol. The van der Waals surface area contributed by atoms with Crippen LogP contribution < -0.4 is 9.64 Å². The van der Waals surface area contributed by atoms with Gasteiger partial charge in [-0.05, 0) is 53.1 Å². The number of nitro benzene ring substituents is 1. The van der Waals surface area contributed by atoms with Crippen molar-refractivity contribution in [3.05, 3.63) is 70.0 Å². The maximum Gasteiger partial charge on any atom is 0.269 e. The van der Waals surface area contributed by atoms with E-state index in [1.165, 1.54) is 19.3 Å². The van der Waals surface area contributed by atoms with Crippen LogP contribution >= 0.6 is 0 Å². The quantitative estimate of drug-likeness (QED) is 0.372. The number of non-ortho nitro benzene ring substituents is 1. The van der Waals surface area contributed by atoms with Crippen LogP contribution in [0, 0.1) is 10.1 Å². The van der Waals surface area contributed by atoms with Gasteiger partial charge >= 0.3 is 0 Å². The van der Waals surface area contributed by atoms with Crippen LogP contribution in [0.1, 0.15) is 55.6 Å². The lowest BCUT2D eigenvalue weighted by Crippen LogP contribution is -2.48. The van der Waals surface area contributed by atoms with Gasteiger partial charge in [0, 0.05) is 44.0 Å². The van der Waals surface area contributed by atoms with Crippen LogP contribution in [-0.2, 0) is 0 Å². The summed E-state index contributed by atoms with van der Waals surface area (Å²) in [5.41, 5.74) is 2.26. The highest BCUT2D eigenvalue weighted by Gasteiger charge is 2.33. The van der Waals surface area contributed by atoms with Gasteiger partial charge in [0.15, 0.2) is 5.82 Å². The Balaban J connectivity index is 1.39. The molecule has 0 radical (unpaired) electrons. The minimum absolute atomic E-state index is 0.0585. The maximum atomic E-state index is 11.0. The number of anilines is 1. The zero-order valence-electron chi connectivity index (χ0n) is 20.0. The van der Waals surface area contributed by atoms with Crippen LogP contribution in [0.4, 0.5) is 11.4 Å². The number of rotatable bonds is 7. The van der Waals surface area contributed by atoms with Crippen molar-refractivity contribution in [2.45, 2.75) is 44.2 Å². The van der Waals surface area contributed by atoms with Crippen molar-refractivity contribution < 1.29 is 9.66 Å². The van der Waals surface area contributed by atoms with E-state index in [4.69, 9.17) is 4.74 Å². The van der Waals surface area contributed by atoms with Gasteiger partial charge in [-0.1, -0.05) is 31.4 Å². The average Bonchev–Trinajstić information content (AvgIpc) is 3.40. The molecule has 1 atom stereocenters.